The van der Waals surface area contributed by atoms with E-state index in [2.05, 4.69) is 46.5 Å². The second kappa shape index (κ2) is 12.4. The normalized spacial score (nSPS) is 15.3. The average molecular weight is 474 g/mol. The first-order valence-corrected chi connectivity index (χ1v) is 9.50. The van der Waals surface area contributed by atoms with E-state index in [9.17, 15) is 0 Å². The highest BCUT2D eigenvalue weighted by Crippen LogP contribution is 2.25. The summed E-state index contributed by atoms with van der Waals surface area (Å²) in [4.78, 5) is 6.87. The van der Waals surface area contributed by atoms with Gasteiger partial charge in [0.25, 0.3) is 0 Å². The first-order valence-electron chi connectivity index (χ1n) is 9.50. The first kappa shape index (κ1) is 23.0. The molecule has 6 heteroatoms. The predicted octanol–water partition coefficient (Wildman–Crippen LogP) is 3.46. The van der Waals surface area contributed by atoms with E-state index in [1.165, 1.54) is 18.4 Å². The maximum atomic E-state index is 5.22. The Morgan fingerprint density at radius 2 is 1.88 bits per heavy atom. The van der Waals surface area contributed by atoms with E-state index in [1.54, 1.807) is 7.11 Å². The molecule has 5 nitrogen and oxygen atoms in total. The molecule has 1 aliphatic rings. The second-order valence-corrected chi connectivity index (χ2v) is 6.75. The van der Waals surface area contributed by atoms with E-state index in [-0.39, 0.29) is 24.0 Å². The maximum Gasteiger partial charge on any atom is 0.191 e. The van der Waals surface area contributed by atoms with Crippen LogP contribution in [0.4, 0.5) is 0 Å². The average Bonchev–Trinajstić information content (AvgIpc) is 3.48. The van der Waals surface area contributed by atoms with E-state index in [4.69, 9.17) is 4.74 Å². The van der Waals surface area contributed by atoms with E-state index in [0.717, 1.165) is 50.4 Å². The van der Waals surface area contributed by atoms with Crippen molar-refractivity contribution in [2.45, 2.75) is 45.1 Å². The van der Waals surface area contributed by atoms with Gasteiger partial charge in [0.05, 0.1) is 7.11 Å². The Morgan fingerprint density at radius 3 is 2.42 bits per heavy atom. The summed E-state index contributed by atoms with van der Waals surface area (Å²) >= 11 is 0. The Balaban J connectivity index is 0.00000338. The fourth-order valence-electron chi connectivity index (χ4n) is 3.08. The molecule has 1 unspecified atom stereocenters. The van der Waals surface area contributed by atoms with Crippen molar-refractivity contribution in [3.8, 4) is 5.75 Å². The van der Waals surface area contributed by atoms with E-state index < -0.39 is 0 Å². The zero-order valence-corrected chi connectivity index (χ0v) is 19.0. The predicted molar refractivity (Wildman–Crippen MR) is 121 cm³/mol. The third kappa shape index (κ3) is 7.70. The molecule has 0 bridgehead atoms. The summed E-state index contributed by atoms with van der Waals surface area (Å²) in [5.41, 5.74) is 1.34. The molecule has 2 rings (SSSR count). The zero-order valence-electron chi connectivity index (χ0n) is 16.6. The Kier molecular flexibility index (Phi) is 11.0. The lowest BCUT2D eigenvalue weighted by atomic mass is 9.98. The molecule has 0 saturated heterocycles. The Labute approximate surface area is 176 Å². The van der Waals surface area contributed by atoms with Crippen LogP contribution in [0.5, 0.6) is 5.75 Å². The van der Waals surface area contributed by atoms with Crippen LogP contribution in [0.25, 0.3) is 0 Å². The second-order valence-electron chi connectivity index (χ2n) is 6.75. The highest BCUT2D eigenvalue weighted by molar-refractivity contribution is 14.0. The van der Waals surface area contributed by atoms with Crippen molar-refractivity contribution in [3.05, 3.63) is 29.8 Å². The number of benzene rings is 1. The lowest BCUT2D eigenvalue weighted by molar-refractivity contribution is 0.282. The number of hydrogen-bond acceptors (Lipinski definition) is 3. The van der Waals surface area contributed by atoms with Crippen LogP contribution < -0.4 is 15.4 Å². The summed E-state index contributed by atoms with van der Waals surface area (Å²) in [6.07, 6.45) is 3.80. The number of guanidine groups is 1. The van der Waals surface area contributed by atoms with Gasteiger partial charge in [-0.25, -0.2) is 0 Å². The summed E-state index contributed by atoms with van der Waals surface area (Å²) in [6.45, 7) is 8.58. The fraction of sp³-hybridized carbons (Fsp3) is 0.650. The summed E-state index contributed by atoms with van der Waals surface area (Å²) in [7, 11) is 3.53. The molecule has 1 atom stereocenters. The van der Waals surface area contributed by atoms with Crippen LogP contribution in [0.2, 0.25) is 0 Å². The van der Waals surface area contributed by atoms with Crippen LogP contribution >= 0.6 is 24.0 Å². The van der Waals surface area contributed by atoms with Gasteiger partial charge in [-0.1, -0.05) is 26.0 Å². The fourth-order valence-corrected chi connectivity index (χ4v) is 3.08. The van der Waals surface area contributed by atoms with Gasteiger partial charge in [0.15, 0.2) is 5.96 Å². The summed E-state index contributed by atoms with van der Waals surface area (Å²) in [5, 5.41) is 6.85. The first-order chi connectivity index (χ1) is 12.2. The standard InChI is InChI=1S/C20H34N4O.HI/c1-5-24(18-8-9-18)15-14-23-20(21-3)22-13-12-16(2)17-6-10-19(25-4)11-7-17;/h6-7,10-11,16,18H,5,8-9,12-15H2,1-4H3,(H2,21,22,23);1H. The SMILES string of the molecule is CCN(CCNC(=NC)NCCC(C)c1ccc(OC)cc1)C1CC1.I. The summed E-state index contributed by atoms with van der Waals surface area (Å²) < 4.78 is 5.22. The molecular weight excluding hydrogens is 439 g/mol. The molecule has 1 aromatic carbocycles. The molecule has 0 aromatic heterocycles. The third-order valence-corrected chi connectivity index (χ3v) is 4.94. The number of hydrogen-bond donors (Lipinski definition) is 2. The van der Waals surface area contributed by atoms with Gasteiger partial charge in [-0.2, -0.15) is 0 Å². The maximum absolute atomic E-state index is 5.22. The Hall–Kier alpha value is -1.02. The Bertz CT molecular complexity index is 531. The molecule has 1 fully saturated rings. The molecule has 0 aliphatic heterocycles. The molecule has 1 aromatic rings. The van der Waals surface area contributed by atoms with Crippen LogP contribution in [0.15, 0.2) is 29.3 Å². The van der Waals surface area contributed by atoms with Crippen LogP contribution in [-0.2, 0) is 0 Å². The molecule has 26 heavy (non-hydrogen) atoms. The van der Waals surface area contributed by atoms with E-state index in [1.807, 2.05) is 19.2 Å². The van der Waals surface area contributed by atoms with Gasteiger partial charge in [-0.3, -0.25) is 9.89 Å². The monoisotopic (exact) mass is 474 g/mol. The minimum absolute atomic E-state index is 0. The largest absolute Gasteiger partial charge is 0.497 e. The van der Waals surface area contributed by atoms with Gasteiger partial charge in [-0.05, 0) is 49.4 Å². The van der Waals surface area contributed by atoms with Crippen molar-refractivity contribution in [2.75, 3.05) is 40.3 Å². The molecule has 0 amide bonds. The molecule has 1 saturated carbocycles. The van der Waals surface area contributed by atoms with E-state index >= 15 is 0 Å². The molecule has 0 heterocycles. The minimum atomic E-state index is 0. The quantitative estimate of drug-likeness (QED) is 0.310. The molecule has 0 radical (unpaired) electrons. The zero-order chi connectivity index (χ0) is 18.1. The van der Waals surface area contributed by atoms with Crippen molar-refractivity contribution in [3.63, 3.8) is 0 Å². The van der Waals surface area contributed by atoms with Crippen LogP contribution in [0.3, 0.4) is 0 Å². The number of rotatable bonds is 10. The highest BCUT2D eigenvalue weighted by atomic mass is 127. The number of nitrogens with one attached hydrogen (secondary N) is 2. The number of methoxy groups -OCH3 is 1. The van der Waals surface area contributed by atoms with Crippen molar-refractivity contribution in [1.82, 2.24) is 15.5 Å². The van der Waals surface area contributed by atoms with Gasteiger partial charge in [-0.15, -0.1) is 24.0 Å². The van der Waals surface area contributed by atoms with Gasteiger partial charge in [0.2, 0.25) is 0 Å². The van der Waals surface area contributed by atoms with Crippen molar-refractivity contribution < 1.29 is 4.74 Å². The molecule has 2 N–H and O–H groups in total. The van der Waals surface area contributed by atoms with Crippen molar-refractivity contribution in [1.29, 1.82) is 0 Å². The third-order valence-electron chi connectivity index (χ3n) is 4.94. The number of halogens is 1. The topological polar surface area (TPSA) is 48.9 Å². The smallest absolute Gasteiger partial charge is 0.191 e. The lowest BCUT2D eigenvalue weighted by Gasteiger charge is -2.21. The number of likely N-dealkylation sites (N-methyl/N-ethyl adjacent to an activating group) is 1. The summed E-state index contributed by atoms with van der Waals surface area (Å²) in [6, 6.07) is 9.17. The van der Waals surface area contributed by atoms with Gasteiger partial charge < -0.3 is 15.4 Å². The van der Waals surface area contributed by atoms with Crippen LogP contribution in [0.1, 0.15) is 44.6 Å². The molecule has 1 aliphatic carbocycles. The highest BCUT2D eigenvalue weighted by Gasteiger charge is 2.27. The molecule has 148 valence electrons. The van der Waals surface area contributed by atoms with Gasteiger partial charge >= 0.3 is 0 Å². The van der Waals surface area contributed by atoms with Crippen molar-refractivity contribution >= 4 is 29.9 Å². The van der Waals surface area contributed by atoms with Gasteiger partial charge in [0, 0.05) is 32.7 Å². The minimum Gasteiger partial charge on any atom is -0.497 e. The van der Waals surface area contributed by atoms with E-state index in [0.29, 0.717) is 5.92 Å². The lowest BCUT2D eigenvalue weighted by Crippen LogP contribution is -2.42. The summed E-state index contributed by atoms with van der Waals surface area (Å²) in [5.74, 6) is 2.31. The van der Waals surface area contributed by atoms with Crippen LogP contribution in [0, 0.1) is 0 Å². The number of ether oxygens (including phenoxy) is 1. The van der Waals surface area contributed by atoms with Gasteiger partial charge in [0.1, 0.15) is 5.75 Å². The Morgan fingerprint density at radius 1 is 1.23 bits per heavy atom. The number of aliphatic imine (C=N–C) groups is 1. The van der Waals surface area contributed by atoms with Crippen LogP contribution in [-0.4, -0.2) is 57.2 Å². The van der Waals surface area contributed by atoms with Crippen molar-refractivity contribution in [2.24, 2.45) is 4.99 Å². The molecule has 0 spiro atoms. The molecular formula is C20H35IN4O. The number of nitrogens with zero attached hydrogens (tertiary/aromatic N) is 2.